The molecule has 0 aromatic heterocycles. The smallest absolute Gasteiger partial charge is 0.474 e. The monoisotopic (exact) mass is 248 g/mol. The van der Waals surface area contributed by atoms with E-state index in [1.807, 2.05) is 58.9 Å². The number of nitrogens with two attached hydrogens (primary N) is 1. The summed E-state index contributed by atoms with van der Waals surface area (Å²) < 4.78 is 10.8. The molecule has 0 aliphatic heterocycles. The van der Waals surface area contributed by atoms with Crippen LogP contribution >= 0.6 is 0 Å². The second-order valence-electron chi connectivity index (χ2n) is 3.52. The fourth-order valence-electron chi connectivity index (χ4n) is 1.49. The normalized spacial score (nSPS) is 9.67. The third kappa shape index (κ3) is 5.28. The molecular weight excluding hydrogens is 225 g/mol. The van der Waals surface area contributed by atoms with Crippen LogP contribution in [0.25, 0.3) is 0 Å². The Morgan fingerprint density at radius 1 is 1.22 bits per heavy atom. The summed E-state index contributed by atoms with van der Waals surface area (Å²) in [6.07, 6.45) is 3.92. The maximum Gasteiger partial charge on any atom is 0.474 e. The molecule has 0 aliphatic carbocycles. The minimum Gasteiger partial charge on any atom is -0.548 e. The molecule has 0 bridgehead atoms. The van der Waals surface area contributed by atoms with E-state index in [1.165, 1.54) is 7.62 Å². The van der Waals surface area contributed by atoms with E-state index in [4.69, 9.17) is 15.0 Å². The number of hydrogen-bond donors (Lipinski definition) is 1. The van der Waals surface area contributed by atoms with E-state index >= 15 is 0 Å². The maximum absolute atomic E-state index is 5.56. The van der Waals surface area contributed by atoms with Gasteiger partial charge in [0.15, 0.2) is 0 Å². The summed E-state index contributed by atoms with van der Waals surface area (Å²) >= 11 is 0. The molecular formula is C14H23BNO2. The number of ether oxygens (including phenoxy) is 1. The first kappa shape index (κ1) is 16.6. The fraction of sp³-hybridized carbons (Fsp3) is 0.429. The molecule has 0 saturated carbocycles. The molecule has 1 rings (SSSR count). The van der Waals surface area contributed by atoms with E-state index in [-0.39, 0.29) is 0 Å². The van der Waals surface area contributed by atoms with Gasteiger partial charge in [-0.05, 0) is 44.0 Å². The molecule has 1 radical (unpaired) electrons. The van der Waals surface area contributed by atoms with Crippen molar-refractivity contribution in [2.24, 2.45) is 5.64 Å². The van der Waals surface area contributed by atoms with E-state index in [0.717, 1.165) is 22.6 Å². The Bertz CT molecular complexity index is 355. The Morgan fingerprint density at radius 3 is 2.22 bits per heavy atom. The molecule has 0 spiro atoms. The molecule has 1 aromatic rings. The highest BCUT2D eigenvalue weighted by Crippen LogP contribution is 2.27. The van der Waals surface area contributed by atoms with Gasteiger partial charge in [0.05, 0.1) is 0 Å². The van der Waals surface area contributed by atoms with Crippen molar-refractivity contribution in [1.82, 2.24) is 0 Å². The van der Waals surface area contributed by atoms with Crippen molar-refractivity contribution in [3.63, 3.8) is 0 Å². The fourth-order valence-corrected chi connectivity index (χ4v) is 1.49. The first-order valence-corrected chi connectivity index (χ1v) is 6.24. The zero-order chi connectivity index (χ0) is 14.0. The lowest BCUT2D eigenvalue weighted by Gasteiger charge is -2.12. The molecule has 1 aromatic carbocycles. The summed E-state index contributed by atoms with van der Waals surface area (Å²) in [7, 11) is 1.19. The van der Waals surface area contributed by atoms with E-state index in [1.54, 1.807) is 0 Å². The van der Waals surface area contributed by atoms with Gasteiger partial charge in [0.1, 0.15) is 18.1 Å². The van der Waals surface area contributed by atoms with Crippen LogP contribution in [0.4, 0.5) is 0 Å². The Kier molecular flexibility index (Phi) is 8.84. The maximum atomic E-state index is 5.56. The number of rotatable bonds is 5. The molecule has 0 amide bonds. The molecule has 3 nitrogen and oxygen atoms in total. The first-order valence-electron chi connectivity index (χ1n) is 6.24. The number of hydrogen-bond acceptors (Lipinski definition) is 3. The highest BCUT2D eigenvalue weighted by atomic mass is 16.5. The number of aryl methyl sites for hydroxylation is 2. The Morgan fingerprint density at radius 2 is 1.78 bits per heavy atom. The van der Waals surface area contributed by atoms with Crippen LogP contribution in [0.3, 0.4) is 0 Å². The van der Waals surface area contributed by atoms with Gasteiger partial charge in [-0.25, -0.2) is 0 Å². The van der Waals surface area contributed by atoms with Crippen molar-refractivity contribution in [2.45, 2.75) is 34.6 Å². The standard InChI is InChI=1S/C12H17BNO2.C2H6/c1-4-5-6-15-11-7-9(2)12(16-13-14)10(3)8-11;1-2/h4-5,7-8H,6,14H2,1-3H3;1-2H3/b5-4+;. The summed E-state index contributed by atoms with van der Waals surface area (Å²) in [5.74, 6) is 1.64. The Balaban J connectivity index is 0.00000137. The predicted octanol–water partition coefficient (Wildman–Crippen LogP) is 3.16. The van der Waals surface area contributed by atoms with Crippen molar-refractivity contribution < 1.29 is 9.39 Å². The molecule has 0 atom stereocenters. The third-order valence-corrected chi connectivity index (χ3v) is 2.20. The minimum atomic E-state index is 0.582. The highest BCUT2D eigenvalue weighted by Gasteiger charge is 2.06. The quantitative estimate of drug-likeness (QED) is 0.643. The summed E-state index contributed by atoms with van der Waals surface area (Å²) in [6, 6.07) is 3.88. The molecule has 18 heavy (non-hydrogen) atoms. The minimum absolute atomic E-state index is 0.582. The van der Waals surface area contributed by atoms with Crippen LogP contribution < -0.4 is 15.0 Å². The molecule has 0 saturated heterocycles. The lowest BCUT2D eigenvalue weighted by Crippen LogP contribution is -2.14. The van der Waals surface area contributed by atoms with Crippen LogP contribution in [0, 0.1) is 13.8 Å². The highest BCUT2D eigenvalue weighted by molar-refractivity contribution is 6.23. The van der Waals surface area contributed by atoms with Gasteiger partial charge in [-0.15, -0.1) is 0 Å². The average Bonchev–Trinajstić information content (AvgIpc) is 2.37. The molecule has 4 heteroatoms. The van der Waals surface area contributed by atoms with Crippen LogP contribution in [0.2, 0.25) is 0 Å². The predicted molar refractivity (Wildman–Crippen MR) is 78.1 cm³/mol. The van der Waals surface area contributed by atoms with Crippen molar-refractivity contribution in [3.05, 3.63) is 35.4 Å². The van der Waals surface area contributed by atoms with Crippen LogP contribution in [0.1, 0.15) is 31.9 Å². The van der Waals surface area contributed by atoms with Gasteiger partial charge in [-0.2, -0.15) is 0 Å². The van der Waals surface area contributed by atoms with Gasteiger partial charge in [-0.1, -0.05) is 26.0 Å². The Labute approximate surface area is 111 Å². The zero-order valence-corrected chi connectivity index (χ0v) is 12.0. The van der Waals surface area contributed by atoms with Crippen LogP contribution in [0.5, 0.6) is 11.5 Å². The van der Waals surface area contributed by atoms with Gasteiger partial charge in [0.25, 0.3) is 0 Å². The first-order chi connectivity index (χ1) is 8.69. The van der Waals surface area contributed by atoms with Gasteiger partial charge >= 0.3 is 7.62 Å². The van der Waals surface area contributed by atoms with Crippen molar-refractivity contribution in [3.8, 4) is 11.5 Å². The number of allylic oxidation sites excluding steroid dienone is 1. The lowest BCUT2D eigenvalue weighted by molar-refractivity contribution is 0.361. The summed E-state index contributed by atoms with van der Waals surface area (Å²) in [5, 5.41) is 0. The second-order valence-corrected chi connectivity index (χ2v) is 3.52. The second kappa shape index (κ2) is 9.60. The van der Waals surface area contributed by atoms with E-state index in [2.05, 4.69) is 0 Å². The molecule has 0 fully saturated rings. The SMILES string of the molecule is C/C=C/COc1cc(C)c(O[B]N)c(C)c1.CC. The largest absolute Gasteiger partial charge is 0.548 e. The van der Waals surface area contributed by atoms with Crippen LogP contribution in [-0.4, -0.2) is 14.2 Å². The molecule has 0 unspecified atom stereocenters. The number of benzene rings is 1. The van der Waals surface area contributed by atoms with Crippen molar-refractivity contribution in [2.75, 3.05) is 6.61 Å². The van der Waals surface area contributed by atoms with Gasteiger partial charge in [-0.3, -0.25) is 0 Å². The van der Waals surface area contributed by atoms with E-state index < -0.39 is 0 Å². The van der Waals surface area contributed by atoms with E-state index in [9.17, 15) is 0 Å². The summed E-state index contributed by atoms with van der Waals surface area (Å²) in [4.78, 5) is 0. The van der Waals surface area contributed by atoms with Crippen LogP contribution in [-0.2, 0) is 0 Å². The topological polar surface area (TPSA) is 44.5 Å². The van der Waals surface area contributed by atoms with Gasteiger partial charge in [0, 0.05) is 0 Å². The van der Waals surface area contributed by atoms with Crippen LogP contribution in [0.15, 0.2) is 24.3 Å². The van der Waals surface area contributed by atoms with Crippen molar-refractivity contribution >= 4 is 7.62 Å². The average molecular weight is 248 g/mol. The third-order valence-electron chi connectivity index (χ3n) is 2.20. The van der Waals surface area contributed by atoms with Crippen molar-refractivity contribution in [1.29, 1.82) is 0 Å². The van der Waals surface area contributed by atoms with Gasteiger partial charge < -0.3 is 15.0 Å². The summed E-state index contributed by atoms with van der Waals surface area (Å²) in [6.45, 7) is 10.5. The zero-order valence-electron chi connectivity index (χ0n) is 12.0. The lowest BCUT2D eigenvalue weighted by atomic mass is 10.1. The Hall–Kier alpha value is -1.42. The molecule has 0 aliphatic rings. The molecule has 99 valence electrons. The molecule has 2 N–H and O–H groups in total. The molecule has 0 heterocycles. The summed E-state index contributed by atoms with van der Waals surface area (Å²) in [5.41, 5.74) is 7.27. The van der Waals surface area contributed by atoms with E-state index in [0.29, 0.717) is 6.61 Å². The van der Waals surface area contributed by atoms with Gasteiger partial charge in [0.2, 0.25) is 0 Å².